The van der Waals surface area contributed by atoms with E-state index in [2.05, 4.69) is 17.2 Å². The largest absolute Gasteiger partial charge is 0.368 e. The first-order valence-electron chi connectivity index (χ1n) is 8.39. The summed E-state index contributed by atoms with van der Waals surface area (Å²) in [5, 5.41) is 3.03. The molecule has 1 aromatic rings. The van der Waals surface area contributed by atoms with Crippen LogP contribution in [0.1, 0.15) is 44.5 Å². The maximum Gasteiger partial charge on any atom is 0.239 e. The van der Waals surface area contributed by atoms with Crippen LogP contribution in [0.25, 0.3) is 0 Å². The van der Waals surface area contributed by atoms with Crippen LogP contribution in [0.2, 0.25) is 0 Å². The molecule has 0 aromatic carbocycles. The molecule has 3 rings (SSSR count). The molecule has 126 valence electrons. The second-order valence-corrected chi connectivity index (χ2v) is 6.10. The standard InChI is InChI=1S/C16H24N4O3/c1-2-19-9-7-17-16(19)15-12(6-10-23-15)18-13(21)11-20-8-4-3-5-14(20)22/h7,9,12,15H,2-6,8,10-11H2,1H3,(H,18,21)/t12-,15-/m0/s1. The van der Waals surface area contributed by atoms with E-state index in [-0.39, 0.29) is 30.5 Å². The summed E-state index contributed by atoms with van der Waals surface area (Å²) in [6.07, 6.45) is 6.67. The van der Waals surface area contributed by atoms with Crippen molar-refractivity contribution < 1.29 is 14.3 Å². The Morgan fingerprint density at radius 1 is 1.48 bits per heavy atom. The number of hydrogen-bond acceptors (Lipinski definition) is 4. The zero-order valence-corrected chi connectivity index (χ0v) is 13.5. The van der Waals surface area contributed by atoms with Crippen molar-refractivity contribution in [3.05, 3.63) is 18.2 Å². The lowest BCUT2D eigenvalue weighted by Gasteiger charge is -2.27. The van der Waals surface area contributed by atoms with E-state index in [0.717, 1.165) is 31.6 Å². The van der Waals surface area contributed by atoms with Crippen molar-refractivity contribution in [3.8, 4) is 0 Å². The summed E-state index contributed by atoms with van der Waals surface area (Å²) in [4.78, 5) is 30.1. The molecule has 2 amide bonds. The van der Waals surface area contributed by atoms with Gasteiger partial charge in [0, 0.05) is 38.5 Å². The molecule has 1 N–H and O–H groups in total. The van der Waals surface area contributed by atoms with Crippen molar-refractivity contribution in [2.45, 2.75) is 51.3 Å². The summed E-state index contributed by atoms with van der Waals surface area (Å²) in [5.41, 5.74) is 0. The van der Waals surface area contributed by atoms with E-state index in [1.807, 2.05) is 10.8 Å². The van der Waals surface area contributed by atoms with Gasteiger partial charge in [0.2, 0.25) is 11.8 Å². The number of hydrogen-bond donors (Lipinski definition) is 1. The van der Waals surface area contributed by atoms with Crippen molar-refractivity contribution in [2.75, 3.05) is 19.7 Å². The number of carbonyl (C=O) groups is 2. The Balaban J connectivity index is 1.60. The molecule has 0 spiro atoms. The summed E-state index contributed by atoms with van der Waals surface area (Å²) in [6, 6.07) is -0.0879. The third kappa shape index (κ3) is 3.55. The molecule has 7 nitrogen and oxygen atoms in total. The lowest BCUT2D eigenvalue weighted by Crippen LogP contribution is -2.46. The van der Waals surface area contributed by atoms with Gasteiger partial charge < -0.3 is 19.5 Å². The first kappa shape index (κ1) is 16.0. The Bertz CT molecular complexity index is 571. The summed E-state index contributed by atoms with van der Waals surface area (Å²) in [5.74, 6) is 0.812. The van der Waals surface area contributed by atoms with Crippen LogP contribution in [0.15, 0.2) is 12.4 Å². The third-order valence-electron chi connectivity index (χ3n) is 4.54. The normalized spacial score (nSPS) is 24.9. The molecular weight excluding hydrogens is 296 g/mol. The van der Waals surface area contributed by atoms with Crippen molar-refractivity contribution in [1.82, 2.24) is 19.8 Å². The Morgan fingerprint density at radius 2 is 2.35 bits per heavy atom. The maximum absolute atomic E-state index is 12.3. The second-order valence-electron chi connectivity index (χ2n) is 6.10. The molecule has 3 heterocycles. The van der Waals surface area contributed by atoms with Gasteiger partial charge in [-0.3, -0.25) is 9.59 Å². The van der Waals surface area contributed by atoms with Gasteiger partial charge in [-0.05, 0) is 26.2 Å². The van der Waals surface area contributed by atoms with Crippen LogP contribution in [0.4, 0.5) is 0 Å². The molecular formula is C16H24N4O3. The Labute approximate surface area is 136 Å². The SMILES string of the molecule is CCn1ccnc1[C@H]1OCC[C@@H]1NC(=O)CN1CCCCC1=O. The first-order valence-corrected chi connectivity index (χ1v) is 8.39. The number of amides is 2. The molecule has 0 bridgehead atoms. The monoisotopic (exact) mass is 320 g/mol. The lowest BCUT2D eigenvalue weighted by atomic mass is 10.1. The van der Waals surface area contributed by atoms with E-state index in [1.165, 1.54) is 0 Å². The maximum atomic E-state index is 12.3. The fourth-order valence-electron chi connectivity index (χ4n) is 3.29. The number of aromatic nitrogens is 2. The van der Waals surface area contributed by atoms with E-state index in [9.17, 15) is 9.59 Å². The van der Waals surface area contributed by atoms with Crippen LogP contribution < -0.4 is 5.32 Å². The van der Waals surface area contributed by atoms with Gasteiger partial charge in [0.1, 0.15) is 11.9 Å². The molecule has 2 aliphatic heterocycles. The average Bonchev–Trinajstić information content (AvgIpc) is 3.17. The van der Waals surface area contributed by atoms with E-state index in [0.29, 0.717) is 19.6 Å². The van der Waals surface area contributed by atoms with Crippen LogP contribution >= 0.6 is 0 Å². The van der Waals surface area contributed by atoms with E-state index in [4.69, 9.17) is 4.74 Å². The number of nitrogens with one attached hydrogen (secondary N) is 1. The van der Waals surface area contributed by atoms with E-state index < -0.39 is 0 Å². The van der Waals surface area contributed by atoms with Crippen molar-refractivity contribution in [3.63, 3.8) is 0 Å². The zero-order valence-electron chi connectivity index (χ0n) is 13.5. The van der Waals surface area contributed by atoms with Gasteiger partial charge in [-0.15, -0.1) is 0 Å². The van der Waals surface area contributed by atoms with Gasteiger partial charge in [-0.25, -0.2) is 4.98 Å². The Hall–Kier alpha value is -1.89. The molecule has 0 saturated carbocycles. The lowest BCUT2D eigenvalue weighted by molar-refractivity contribution is -0.138. The highest BCUT2D eigenvalue weighted by atomic mass is 16.5. The Kier molecular flexibility index (Phi) is 4.95. The predicted molar refractivity (Wildman–Crippen MR) is 83.6 cm³/mol. The van der Waals surface area contributed by atoms with Gasteiger partial charge in [0.05, 0.1) is 12.6 Å². The molecule has 2 fully saturated rings. The number of nitrogens with zero attached hydrogens (tertiary/aromatic N) is 3. The number of likely N-dealkylation sites (tertiary alicyclic amines) is 1. The number of rotatable bonds is 5. The highest BCUT2D eigenvalue weighted by molar-refractivity contribution is 5.85. The van der Waals surface area contributed by atoms with Gasteiger partial charge in [-0.1, -0.05) is 0 Å². The van der Waals surface area contributed by atoms with Gasteiger partial charge in [0.25, 0.3) is 0 Å². The number of aryl methyl sites for hydroxylation is 1. The minimum Gasteiger partial charge on any atom is -0.368 e. The third-order valence-corrected chi connectivity index (χ3v) is 4.54. The topological polar surface area (TPSA) is 76.5 Å². The molecule has 0 radical (unpaired) electrons. The van der Waals surface area contributed by atoms with Gasteiger partial charge >= 0.3 is 0 Å². The molecule has 2 aliphatic rings. The number of imidazole rings is 1. The second kappa shape index (κ2) is 7.12. The van der Waals surface area contributed by atoms with Crippen molar-refractivity contribution in [1.29, 1.82) is 0 Å². The minimum absolute atomic E-state index is 0.0761. The molecule has 2 saturated heterocycles. The van der Waals surface area contributed by atoms with Crippen LogP contribution in [0.5, 0.6) is 0 Å². The number of piperidine rings is 1. The smallest absolute Gasteiger partial charge is 0.239 e. The zero-order chi connectivity index (χ0) is 16.2. The van der Waals surface area contributed by atoms with Gasteiger partial charge in [-0.2, -0.15) is 0 Å². The summed E-state index contributed by atoms with van der Waals surface area (Å²) in [6.45, 7) is 4.30. The van der Waals surface area contributed by atoms with Crippen LogP contribution in [0, 0.1) is 0 Å². The van der Waals surface area contributed by atoms with Crippen LogP contribution in [-0.2, 0) is 20.9 Å². The molecule has 7 heteroatoms. The quantitative estimate of drug-likeness (QED) is 0.873. The van der Waals surface area contributed by atoms with Crippen LogP contribution in [0.3, 0.4) is 0 Å². The van der Waals surface area contributed by atoms with E-state index in [1.54, 1.807) is 11.1 Å². The van der Waals surface area contributed by atoms with Gasteiger partial charge in [0.15, 0.2) is 0 Å². The minimum atomic E-state index is -0.217. The molecule has 23 heavy (non-hydrogen) atoms. The highest BCUT2D eigenvalue weighted by Crippen LogP contribution is 2.28. The predicted octanol–water partition coefficient (Wildman–Crippen LogP) is 0.862. The van der Waals surface area contributed by atoms with Crippen molar-refractivity contribution >= 4 is 11.8 Å². The summed E-state index contributed by atoms with van der Waals surface area (Å²) in [7, 11) is 0. The molecule has 2 atom stereocenters. The fourth-order valence-corrected chi connectivity index (χ4v) is 3.29. The van der Waals surface area contributed by atoms with Crippen LogP contribution in [-0.4, -0.2) is 52.0 Å². The van der Waals surface area contributed by atoms with Crippen molar-refractivity contribution in [2.24, 2.45) is 0 Å². The Morgan fingerprint density at radius 3 is 3.13 bits per heavy atom. The summed E-state index contributed by atoms with van der Waals surface area (Å²) >= 11 is 0. The first-order chi connectivity index (χ1) is 11.2. The molecule has 1 aromatic heterocycles. The number of ether oxygens (including phenoxy) is 1. The molecule has 0 unspecified atom stereocenters. The molecule has 0 aliphatic carbocycles. The highest BCUT2D eigenvalue weighted by Gasteiger charge is 2.34. The van der Waals surface area contributed by atoms with E-state index >= 15 is 0 Å². The fraction of sp³-hybridized carbons (Fsp3) is 0.688. The average molecular weight is 320 g/mol. The summed E-state index contributed by atoms with van der Waals surface area (Å²) < 4.78 is 7.82. The number of carbonyl (C=O) groups excluding carboxylic acids is 2.